The Morgan fingerprint density at radius 2 is 1.68 bits per heavy atom. The molecule has 1 amide bonds. The standard InChI is InChI=1S/C22H22ClF3N2O3/c23-19-10-5-15(22(24,25)26)11-18(19)20(29)28-17-6-1-13(2-7-17)12-27-16-8-3-14(4-9-16)21(30)31/h3-5,8-11,13,17,27H,1-2,6-7,12H2,(H,28,29)(H,30,31). The zero-order valence-electron chi connectivity index (χ0n) is 16.5. The Labute approximate surface area is 182 Å². The molecule has 0 saturated heterocycles. The van der Waals surface area contributed by atoms with E-state index in [1.807, 2.05) is 0 Å². The molecule has 2 aromatic carbocycles. The van der Waals surface area contributed by atoms with E-state index in [9.17, 15) is 22.8 Å². The number of hydrogen-bond donors (Lipinski definition) is 3. The topological polar surface area (TPSA) is 78.4 Å². The molecule has 3 N–H and O–H groups in total. The second-order valence-corrected chi connectivity index (χ2v) is 8.05. The number of rotatable bonds is 6. The molecule has 0 bridgehead atoms. The third kappa shape index (κ3) is 6.13. The normalized spacial score (nSPS) is 19.0. The number of hydrogen-bond acceptors (Lipinski definition) is 3. The Kier molecular flexibility index (Phi) is 7.10. The highest BCUT2D eigenvalue weighted by atomic mass is 35.5. The van der Waals surface area contributed by atoms with Gasteiger partial charge in [0.05, 0.1) is 21.7 Å². The predicted octanol–water partition coefficient (Wildman–Crippen LogP) is 5.46. The van der Waals surface area contributed by atoms with Crippen LogP contribution in [0.15, 0.2) is 42.5 Å². The van der Waals surface area contributed by atoms with Crippen LogP contribution in [-0.2, 0) is 6.18 Å². The fourth-order valence-electron chi connectivity index (χ4n) is 3.64. The predicted molar refractivity (Wildman–Crippen MR) is 112 cm³/mol. The molecular weight excluding hydrogens is 433 g/mol. The molecule has 3 rings (SSSR count). The Morgan fingerprint density at radius 3 is 2.26 bits per heavy atom. The lowest BCUT2D eigenvalue weighted by molar-refractivity contribution is -0.137. The van der Waals surface area contributed by atoms with Gasteiger partial charge in [-0.1, -0.05) is 11.6 Å². The highest BCUT2D eigenvalue weighted by Crippen LogP contribution is 2.32. The fourth-order valence-corrected chi connectivity index (χ4v) is 3.85. The fraction of sp³-hybridized carbons (Fsp3) is 0.364. The SMILES string of the molecule is O=C(O)c1ccc(NCC2CCC(NC(=O)c3cc(C(F)(F)F)ccc3Cl)CC2)cc1. The minimum absolute atomic E-state index is 0.0164. The van der Waals surface area contributed by atoms with Crippen LogP contribution in [-0.4, -0.2) is 29.6 Å². The summed E-state index contributed by atoms with van der Waals surface area (Å²) in [6, 6.07) is 9.11. The summed E-state index contributed by atoms with van der Waals surface area (Å²) in [5, 5.41) is 15.0. The average Bonchev–Trinajstić information content (AvgIpc) is 2.73. The smallest absolute Gasteiger partial charge is 0.416 e. The quantitative estimate of drug-likeness (QED) is 0.541. The van der Waals surface area contributed by atoms with Crippen molar-refractivity contribution in [2.45, 2.75) is 37.9 Å². The van der Waals surface area contributed by atoms with Crippen molar-refractivity contribution in [2.75, 3.05) is 11.9 Å². The van der Waals surface area contributed by atoms with Gasteiger partial charge in [-0.05, 0) is 74.1 Å². The number of carbonyl (C=O) groups is 2. The van der Waals surface area contributed by atoms with Gasteiger partial charge in [0.2, 0.25) is 0 Å². The van der Waals surface area contributed by atoms with Crippen LogP contribution in [0.25, 0.3) is 0 Å². The zero-order chi connectivity index (χ0) is 22.6. The van der Waals surface area contributed by atoms with E-state index in [1.54, 1.807) is 12.1 Å². The number of benzene rings is 2. The highest BCUT2D eigenvalue weighted by Gasteiger charge is 2.32. The molecule has 1 aliphatic rings. The Morgan fingerprint density at radius 1 is 1.03 bits per heavy atom. The lowest BCUT2D eigenvalue weighted by Crippen LogP contribution is -2.38. The molecule has 1 fully saturated rings. The van der Waals surface area contributed by atoms with Gasteiger partial charge in [0, 0.05) is 18.3 Å². The van der Waals surface area contributed by atoms with Crippen LogP contribution in [0.3, 0.4) is 0 Å². The summed E-state index contributed by atoms with van der Waals surface area (Å²) in [5.41, 5.74) is -0.0272. The minimum Gasteiger partial charge on any atom is -0.478 e. The largest absolute Gasteiger partial charge is 0.478 e. The molecule has 0 atom stereocenters. The van der Waals surface area contributed by atoms with Crippen LogP contribution in [0, 0.1) is 5.92 Å². The van der Waals surface area contributed by atoms with Gasteiger partial charge >= 0.3 is 12.1 Å². The maximum atomic E-state index is 12.9. The molecule has 1 saturated carbocycles. The molecule has 166 valence electrons. The third-order valence-electron chi connectivity index (χ3n) is 5.45. The Bertz CT molecular complexity index is 940. The lowest BCUT2D eigenvalue weighted by Gasteiger charge is -2.29. The zero-order valence-corrected chi connectivity index (χ0v) is 17.3. The van der Waals surface area contributed by atoms with E-state index >= 15 is 0 Å². The first-order valence-electron chi connectivity index (χ1n) is 9.88. The summed E-state index contributed by atoms with van der Waals surface area (Å²) in [4.78, 5) is 23.4. The second-order valence-electron chi connectivity index (χ2n) is 7.65. The molecule has 0 radical (unpaired) electrons. The van der Waals surface area contributed by atoms with E-state index in [0.29, 0.717) is 25.3 Å². The van der Waals surface area contributed by atoms with Crippen molar-refractivity contribution in [1.82, 2.24) is 5.32 Å². The van der Waals surface area contributed by atoms with Gasteiger partial charge in [0.25, 0.3) is 5.91 Å². The summed E-state index contributed by atoms with van der Waals surface area (Å²) in [6.07, 6.45) is -1.42. The molecule has 2 aromatic rings. The molecule has 31 heavy (non-hydrogen) atoms. The van der Waals surface area contributed by atoms with E-state index in [0.717, 1.165) is 36.7 Å². The molecule has 0 heterocycles. The summed E-state index contributed by atoms with van der Waals surface area (Å²) in [6.45, 7) is 0.715. The average molecular weight is 455 g/mol. The number of aromatic carboxylic acids is 1. The summed E-state index contributed by atoms with van der Waals surface area (Å²) in [5.74, 6) is -1.20. The van der Waals surface area contributed by atoms with Crippen molar-refractivity contribution < 1.29 is 27.9 Å². The second kappa shape index (κ2) is 9.60. The van der Waals surface area contributed by atoms with E-state index in [1.165, 1.54) is 12.1 Å². The third-order valence-corrected chi connectivity index (χ3v) is 5.78. The van der Waals surface area contributed by atoms with Crippen LogP contribution >= 0.6 is 11.6 Å². The molecule has 1 aliphatic carbocycles. The van der Waals surface area contributed by atoms with Crippen LogP contribution in [0.1, 0.15) is 52.0 Å². The maximum absolute atomic E-state index is 12.9. The number of carboxylic acids is 1. The Hall–Kier alpha value is -2.74. The lowest BCUT2D eigenvalue weighted by atomic mass is 9.86. The van der Waals surface area contributed by atoms with Gasteiger partial charge in [-0.2, -0.15) is 13.2 Å². The summed E-state index contributed by atoms with van der Waals surface area (Å²) >= 11 is 5.94. The van der Waals surface area contributed by atoms with Gasteiger partial charge in [-0.15, -0.1) is 0 Å². The van der Waals surface area contributed by atoms with E-state index in [4.69, 9.17) is 16.7 Å². The molecule has 0 spiro atoms. The first-order chi connectivity index (χ1) is 14.6. The number of nitrogens with one attached hydrogen (secondary N) is 2. The van der Waals surface area contributed by atoms with E-state index in [-0.39, 0.29) is 22.2 Å². The summed E-state index contributed by atoms with van der Waals surface area (Å²) in [7, 11) is 0. The number of carbonyl (C=O) groups excluding carboxylic acids is 1. The number of anilines is 1. The van der Waals surface area contributed by atoms with Gasteiger partial charge in [0.15, 0.2) is 0 Å². The van der Waals surface area contributed by atoms with E-state index in [2.05, 4.69) is 10.6 Å². The van der Waals surface area contributed by atoms with Crippen molar-refractivity contribution in [1.29, 1.82) is 0 Å². The van der Waals surface area contributed by atoms with Crippen molar-refractivity contribution in [3.05, 3.63) is 64.2 Å². The van der Waals surface area contributed by atoms with Crippen molar-refractivity contribution in [2.24, 2.45) is 5.92 Å². The first kappa shape index (κ1) is 22.9. The molecule has 9 heteroatoms. The number of alkyl halides is 3. The highest BCUT2D eigenvalue weighted by molar-refractivity contribution is 6.33. The molecular formula is C22H22ClF3N2O3. The van der Waals surface area contributed by atoms with Gasteiger partial charge < -0.3 is 15.7 Å². The number of carboxylic acid groups (broad SMARTS) is 1. The monoisotopic (exact) mass is 454 g/mol. The van der Waals surface area contributed by atoms with Crippen LogP contribution in [0.2, 0.25) is 5.02 Å². The maximum Gasteiger partial charge on any atom is 0.416 e. The van der Waals surface area contributed by atoms with Crippen molar-refractivity contribution in [3.8, 4) is 0 Å². The van der Waals surface area contributed by atoms with Crippen LogP contribution in [0.5, 0.6) is 0 Å². The number of amides is 1. The molecule has 0 aliphatic heterocycles. The van der Waals surface area contributed by atoms with E-state index < -0.39 is 23.6 Å². The summed E-state index contributed by atoms with van der Waals surface area (Å²) < 4.78 is 38.7. The van der Waals surface area contributed by atoms with Crippen LogP contribution in [0.4, 0.5) is 18.9 Å². The van der Waals surface area contributed by atoms with Gasteiger partial charge in [-0.3, -0.25) is 4.79 Å². The molecule has 5 nitrogen and oxygen atoms in total. The van der Waals surface area contributed by atoms with Gasteiger partial charge in [0.1, 0.15) is 0 Å². The van der Waals surface area contributed by atoms with Gasteiger partial charge in [-0.25, -0.2) is 4.79 Å². The van der Waals surface area contributed by atoms with Crippen molar-refractivity contribution in [3.63, 3.8) is 0 Å². The first-order valence-corrected chi connectivity index (χ1v) is 10.3. The van der Waals surface area contributed by atoms with Crippen LogP contribution < -0.4 is 10.6 Å². The molecule has 0 unspecified atom stereocenters. The minimum atomic E-state index is -4.54. The molecule has 0 aromatic heterocycles. The number of halogens is 4. The van der Waals surface area contributed by atoms with Crippen molar-refractivity contribution >= 4 is 29.2 Å². The Balaban J connectivity index is 1.49.